The van der Waals surface area contributed by atoms with Gasteiger partial charge in [0.1, 0.15) is 17.2 Å². The van der Waals surface area contributed by atoms with Crippen LogP contribution in [0.4, 0.5) is 0 Å². The minimum Gasteiger partial charge on any atom is -0.466 e. The highest BCUT2D eigenvalue weighted by molar-refractivity contribution is 7.99. The predicted octanol–water partition coefficient (Wildman–Crippen LogP) is 2.82. The summed E-state index contributed by atoms with van der Waals surface area (Å²) in [5.41, 5.74) is 0. The monoisotopic (exact) mass is 408 g/mol. The van der Waals surface area contributed by atoms with E-state index in [1.807, 2.05) is 0 Å². The van der Waals surface area contributed by atoms with Crippen molar-refractivity contribution >= 4 is 29.5 Å². The summed E-state index contributed by atoms with van der Waals surface area (Å²) in [5, 5.41) is -0.354. The van der Waals surface area contributed by atoms with E-state index in [1.165, 1.54) is 23.6 Å². The van der Waals surface area contributed by atoms with Crippen LogP contribution in [0.3, 0.4) is 0 Å². The summed E-state index contributed by atoms with van der Waals surface area (Å²) >= 11 is 1.45. The van der Waals surface area contributed by atoms with Crippen molar-refractivity contribution in [2.75, 3.05) is 19.4 Å². The highest BCUT2D eigenvalue weighted by Gasteiger charge is 2.43. The molecule has 0 N–H and O–H groups in total. The van der Waals surface area contributed by atoms with Gasteiger partial charge in [0.15, 0.2) is 6.61 Å². The molecule has 2 aliphatic rings. The first-order valence-corrected chi connectivity index (χ1v) is 10.8. The summed E-state index contributed by atoms with van der Waals surface area (Å²) in [6.45, 7) is 3.36. The Morgan fingerprint density at radius 1 is 1.29 bits per heavy atom. The van der Waals surface area contributed by atoms with Crippen molar-refractivity contribution in [3.05, 3.63) is 24.2 Å². The Kier molecular flexibility index (Phi) is 6.69. The van der Waals surface area contributed by atoms with Crippen LogP contribution in [0, 0.1) is 5.92 Å². The average molecular weight is 409 g/mol. The third kappa shape index (κ3) is 4.54. The molecule has 2 fully saturated rings. The summed E-state index contributed by atoms with van der Waals surface area (Å²) in [6.07, 6.45) is 5.74. The van der Waals surface area contributed by atoms with Gasteiger partial charge in [-0.1, -0.05) is 6.92 Å². The molecule has 154 valence electrons. The molecule has 8 heteroatoms. The maximum Gasteiger partial charge on any atom is 0.330 e. The number of esters is 1. The predicted molar refractivity (Wildman–Crippen MR) is 105 cm³/mol. The molecule has 0 unspecified atom stereocenters. The van der Waals surface area contributed by atoms with Gasteiger partial charge in [0.2, 0.25) is 5.91 Å². The molecular formula is C20H28N2O5S. The minimum atomic E-state index is -0.716. The van der Waals surface area contributed by atoms with Gasteiger partial charge in [0, 0.05) is 25.8 Å². The Bertz CT molecular complexity index is 699. The molecule has 1 aliphatic heterocycles. The second-order valence-electron chi connectivity index (χ2n) is 7.67. The first kappa shape index (κ1) is 20.8. The number of furan rings is 1. The van der Waals surface area contributed by atoms with E-state index in [4.69, 9.17) is 9.15 Å². The van der Waals surface area contributed by atoms with Crippen LogP contribution in [0.1, 0.15) is 50.7 Å². The molecule has 1 saturated heterocycles. The fourth-order valence-corrected chi connectivity index (χ4v) is 5.30. The third-order valence-corrected chi connectivity index (χ3v) is 6.97. The number of ether oxygens (including phenoxy) is 1. The zero-order chi connectivity index (χ0) is 20.3. The van der Waals surface area contributed by atoms with E-state index in [-0.39, 0.29) is 29.8 Å². The second kappa shape index (κ2) is 9.03. The van der Waals surface area contributed by atoms with Crippen molar-refractivity contribution in [3.63, 3.8) is 0 Å². The Balaban J connectivity index is 1.55. The number of amides is 2. The zero-order valence-corrected chi connectivity index (χ0v) is 17.4. The largest absolute Gasteiger partial charge is 0.466 e. The van der Waals surface area contributed by atoms with Crippen molar-refractivity contribution in [1.82, 2.24) is 9.80 Å². The van der Waals surface area contributed by atoms with Crippen LogP contribution in [-0.4, -0.2) is 59.1 Å². The molecule has 2 atom stereocenters. The summed E-state index contributed by atoms with van der Waals surface area (Å²) in [4.78, 5) is 40.4. The number of nitrogens with zero attached hydrogens (tertiary/aromatic N) is 2. The van der Waals surface area contributed by atoms with Crippen molar-refractivity contribution in [3.8, 4) is 0 Å². The molecule has 28 heavy (non-hydrogen) atoms. The number of rotatable bonds is 5. The molecule has 2 amide bonds. The molecular weight excluding hydrogens is 380 g/mol. The lowest BCUT2D eigenvalue weighted by Crippen LogP contribution is -2.45. The minimum absolute atomic E-state index is 0.199. The molecule has 1 aromatic rings. The standard InChI is InChI=1S/C20H28N2O5S/c1-13-6-8-15(9-7-13)21(3)18(24)11-27-20(25)16-12-28-19(22(16)14(2)23)17-5-4-10-26-17/h4-5,10,13,15-16,19H,6-9,11-12H2,1-3H3/t13?,15?,16-,19+/m0/s1. The van der Waals surface area contributed by atoms with E-state index < -0.39 is 12.0 Å². The normalized spacial score (nSPS) is 27.5. The fraction of sp³-hybridized carbons (Fsp3) is 0.650. The summed E-state index contributed by atoms with van der Waals surface area (Å²) in [7, 11) is 1.77. The summed E-state index contributed by atoms with van der Waals surface area (Å²) < 4.78 is 10.7. The van der Waals surface area contributed by atoms with Crippen LogP contribution in [-0.2, 0) is 19.1 Å². The Morgan fingerprint density at radius 2 is 2.00 bits per heavy atom. The van der Waals surface area contributed by atoms with Gasteiger partial charge in [-0.15, -0.1) is 11.8 Å². The molecule has 0 radical (unpaired) electrons. The van der Waals surface area contributed by atoms with E-state index in [0.717, 1.165) is 25.7 Å². The number of carbonyl (C=O) groups is 3. The summed E-state index contributed by atoms with van der Waals surface area (Å²) in [5.74, 6) is 0.767. The number of carbonyl (C=O) groups excluding carboxylic acids is 3. The van der Waals surface area contributed by atoms with Gasteiger partial charge >= 0.3 is 5.97 Å². The molecule has 0 spiro atoms. The van der Waals surface area contributed by atoms with E-state index in [1.54, 1.807) is 30.3 Å². The van der Waals surface area contributed by atoms with Gasteiger partial charge in [-0.05, 0) is 43.7 Å². The molecule has 1 aromatic heterocycles. The molecule has 0 bridgehead atoms. The molecule has 1 saturated carbocycles. The van der Waals surface area contributed by atoms with E-state index >= 15 is 0 Å². The molecule has 0 aromatic carbocycles. The quantitative estimate of drug-likeness (QED) is 0.697. The van der Waals surface area contributed by atoms with Gasteiger partial charge in [-0.2, -0.15) is 0 Å². The lowest BCUT2D eigenvalue weighted by Gasteiger charge is -2.33. The lowest BCUT2D eigenvalue weighted by atomic mass is 9.87. The van der Waals surface area contributed by atoms with Gasteiger partial charge < -0.3 is 19.0 Å². The van der Waals surface area contributed by atoms with Crippen molar-refractivity contribution in [1.29, 1.82) is 0 Å². The number of likely N-dealkylation sites (N-methyl/N-ethyl adjacent to an activating group) is 1. The lowest BCUT2D eigenvalue weighted by molar-refractivity contribution is -0.158. The van der Waals surface area contributed by atoms with Crippen LogP contribution in [0.2, 0.25) is 0 Å². The highest BCUT2D eigenvalue weighted by atomic mass is 32.2. The Hall–Kier alpha value is -1.96. The molecule has 7 nitrogen and oxygen atoms in total. The number of hydrogen-bond acceptors (Lipinski definition) is 6. The van der Waals surface area contributed by atoms with Crippen LogP contribution >= 0.6 is 11.8 Å². The van der Waals surface area contributed by atoms with Gasteiger partial charge in [0.05, 0.1) is 6.26 Å². The van der Waals surface area contributed by atoms with Crippen LogP contribution in [0.15, 0.2) is 22.8 Å². The van der Waals surface area contributed by atoms with E-state index in [9.17, 15) is 14.4 Å². The maximum absolute atomic E-state index is 12.6. The van der Waals surface area contributed by atoms with Gasteiger partial charge in [-0.3, -0.25) is 9.59 Å². The first-order valence-electron chi connectivity index (χ1n) is 9.74. The fourth-order valence-electron chi connectivity index (χ4n) is 3.89. The molecule has 3 rings (SSSR count). The van der Waals surface area contributed by atoms with Crippen molar-refractivity contribution < 1.29 is 23.5 Å². The number of hydrogen-bond donors (Lipinski definition) is 0. The zero-order valence-electron chi connectivity index (χ0n) is 16.6. The highest BCUT2D eigenvalue weighted by Crippen LogP contribution is 2.41. The third-order valence-electron chi connectivity index (χ3n) is 5.69. The van der Waals surface area contributed by atoms with Crippen molar-refractivity contribution in [2.24, 2.45) is 5.92 Å². The smallest absolute Gasteiger partial charge is 0.330 e. The SMILES string of the molecule is CC(=O)N1[C@@H](c2ccco2)SC[C@H]1C(=O)OCC(=O)N(C)C1CCC(C)CC1. The number of thioether (sulfide) groups is 1. The molecule has 1 aliphatic carbocycles. The van der Waals surface area contributed by atoms with Crippen LogP contribution < -0.4 is 0 Å². The van der Waals surface area contributed by atoms with E-state index in [2.05, 4.69) is 6.92 Å². The Labute approximate surface area is 169 Å². The average Bonchev–Trinajstić information content (AvgIpc) is 3.35. The first-order chi connectivity index (χ1) is 13.4. The van der Waals surface area contributed by atoms with Gasteiger partial charge in [-0.25, -0.2) is 4.79 Å². The maximum atomic E-state index is 12.6. The topological polar surface area (TPSA) is 80.1 Å². The van der Waals surface area contributed by atoms with E-state index in [0.29, 0.717) is 17.4 Å². The summed E-state index contributed by atoms with van der Waals surface area (Å²) in [6, 6.07) is 3.03. The van der Waals surface area contributed by atoms with Gasteiger partial charge in [0.25, 0.3) is 5.91 Å². The second-order valence-corrected chi connectivity index (χ2v) is 8.78. The van der Waals surface area contributed by atoms with Crippen LogP contribution in [0.25, 0.3) is 0 Å². The van der Waals surface area contributed by atoms with Crippen LogP contribution in [0.5, 0.6) is 0 Å². The Morgan fingerprint density at radius 3 is 2.61 bits per heavy atom. The van der Waals surface area contributed by atoms with Crippen molar-refractivity contribution in [2.45, 2.75) is 57.0 Å². The molecule has 2 heterocycles.